The number of nitrogen functional groups attached to an aromatic ring is 1. The maximum Gasteiger partial charge on any atom is 0.337 e. The van der Waals surface area contributed by atoms with Gasteiger partial charge in [0.15, 0.2) is 5.82 Å². The number of methoxy groups -OCH3 is 1. The minimum Gasteiger partial charge on any atom is -0.497 e. The summed E-state index contributed by atoms with van der Waals surface area (Å²) < 4.78 is 5.18. The minimum absolute atomic E-state index is 0.0750. The van der Waals surface area contributed by atoms with E-state index in [0.29, 0.717) is 18.1 Å². The van der Waals surface area contributed by atoms with E-state index in [2.05, 4.69) is 4.98 Å². The number of benzene rings is 1. The van der Waals surface area contributed by atoms with Crippen LogP contribution in [-0.4, -0.2) is 30.2 Å². The summed E-state index contributed by atoms with van der Waals surface area (Å²) in [6, 6.07) is 9.09. The molecule has 6 heteroatoms. The topological polar surface area (TPSA) is 88.7 Å². The van der Waals surface area contributed by atoms with Gasteiger partial charge in [0, 0.05) is 19.8 Å². The van der Waals surface area contributed by atoms with Crippen LogP contribution >= 0.6 is 0 Å². The number of pyridine rings is 1. The highest BCUT2D eigenvalue weighted by atomic mass is 16.5. The molecule has 0 amide bonds. The predicted octanol–water partition coefficient (Wildman–Crippen LogP) is 2.01. The first-order valence-electron chi connectivity index (χ1n) is 6.34. The number of carboxylic acid groups (broad SMARTS) is 1. The largest absolute Gasteiger partial charge is 0.497 e. The van der Waals surface area contributed by atoms with E-state index in [0.717, 1.165) is 11.3 Å². The molecule has 0 radical (unpaired) electrons. The number of rotatable bonds is 5. The van der Waals surface area contributed by atoms with Gasteiger partial charge < -0.3 is 20.5 Å². The molecule has 6 nitrogen and oxygen atoms in total. The zero-order valence-corrected chi connectivity index (χ0v) is 11.9. The predicted molar refractivity (Wildman–Crippen MR) is 80.7 cm³/mol. The van der Waals surface area contributed by atoms with Crippen LogP contribution in [0.2, 0.25) is 0 Å². The summed E-state index contributed by atoms with van der Waals surface area (Å²) in [6.07, 6.45) is 1.30. The van der Waals surface area contributed by atoms with E-state index < -0.39 is 5.97 Å². The molecule has 0 saturated carbocycles. The Kier molecular flexibility index (Phi) is 4.27. The molecule has 0 aliphatic carbocycles. The standard InChI is InChI=1S/C15H17N3O3/c1-18(9-10-4-3-5-12(6-10)21-2)14-13(16)7-11(8-17-14)15(19)20/h3-8H,9,16H2,1-2H3,(H,19,20). The van der Waals surface area contributed by atoms with Gasteiger partial charge >= 0.3 is 5.97 Å². The van der Waals surface area contributed by atoms with Gasteiger partial charge in [-0.3, -0.25) is 0 Å². The fourth-order valence-electron chi connectivity index (χ4n) is 2.03. The number of nitrogens with two attached hydrogens (primary N) is 1. The lowest BCUT2D eigenvalue weighted by Gasteiger charge is -2.20. The summed E-state index contributed by atoms with van der Waals surface area (Å²) >= 11 is 0. The van der Waals surface area contributed by atoms with E-state index in [1.807, 2.05) is 36.2 Å². The summed E-state index contributed by atoms with van der Waals surface area (Å²) in [5, 5.41) is 8.91. The molecule has 3 N–H and O–H groups in total. The number of nitrogens with zero attached hydrogens (tertiary/aromatic N) is 2. The van der Waals surface area contributed by atoms with Crippen LogP contribution in [0.5, 0.6) is 5.75 Å². The van der Waals surface area contributed by atoms with Gasteiger partial charge in [-0.1, -0.05) is 12.1 Å². The molecule has 0 spiro atoms. The summed E-state index contributed by atoms with van der Waals surface area (Å²) in [5.74, 6) is 0.280. The number of hydrogen-bond donors (Lipinski definition) is 2. The Morgan fingerprint density at radius 3 is 2.81 bits per heavy atom. The van der Waals surface area contributed by atoms with E-state index >= 15 is 0 Å². The fourth-order valence-corrected chi connectivity index (χ4v) is 2.03. The quantitative estimate of drug-likeness (QED) is 0.874. The summed E-state index contributed by atoms with van der Waals surface area (Å²) in [7, 11) is 3.46. The third kappa shape index (κ3) is 3.42. The zero-order chi connectivity index (χ0) is 15.4. The lowest BCUT2D eigenvalue weighted by molar-refractivity contribution is 0.0696. The second-order valence-electron chi connectivity index (χ2n) is 4.65. The zero-order valence-electron chi connectivity index (χ0n) is 11.9. The lowest BCUT2D eigenvalue weighted by atomic mass is 10.2. The van der Waals surface area contributed by atoms with Gasteiger partial charge in [-0.15, -0.1) is 0 Å². The van der Waals surface area contributed by atoms with Gasteiger partial charge in [-0.25, -0.2) is 9.78 Å². The molecule has 0 aliphatic rings. The van der Waals surface area contributed by atoms with Gasteiger partial charge in [0.05, 0.1) is 18.4 Å². The average molecular weight is 287 g/mol. The summed E-state index contributed by atoms with van der Waals surface area (Å²) in [4.78, 5) is 16.9. The highest BCUT2D eigenvalue weighted by Gasteiger charge is 2.11. The van der Waals surface area contributed by atoms with Crippen LogP contribution in [0.4, 0.5) is 11.5 Å². The van der Waals surface area contributed by atoms with Crippen molar-refractivity contribution < 1.29 is 14.6 Å². The van der Waals surface area contributed by atoms with Crippen LogP contribution in [-0.2, 0) is 6.54 Å². The van der Waals surface area contributed by atoms with Crippen LogP contribution < -0.4 is 15.4 Å². The second kappa shape index (κ2) is 6.13. The van der Waals surface area contributed by atoms with Crippen LogP contribution in [0, 0.1) is 0 Å². The van der Waals surface area contributed by atoms with E-state index in [1.54, 1.807) is 7.11 Å². The molecule has 21 heavy (non-hydrogen) atoms. The number of ether oxygens (including phenoxy) is 1. The maximum atomic E-state index is 10.9. The molecule has 1 aromatic carbocycles. The molecule has 0 atom stereocenters. The van der Waals surface area contributed by atoms with Crippen LogP contribution in [0.15, 0.2) is 36.5 Å². The molecule has 0 aliphatic heterocycles. The first kappa shape index (κ1) is 14.6. The van der Waals surface area contributed by atoms with Crippen molar-refractivity contribution in [3.8, 4) is 5.75 Å². The second-order valence-corrected chi connectivity index (χ2v) is 4.65. The molecule has 2 aromatic rings. The van der Waals surface area contributed by atoms with Gasteiger partial charge in [-0.05, 0) is 23.8 Å². The number of anilines is 2. The SMILES string of the molecule is COc1cccc(CN(C)c2ncc(C(=O)O)cc2N)c1. The fraction of sp³-hybridized carbons (Fsp3) is 0.200. The number of hydrogen-bond acceptors (Lipinski definition) is 5. The Balaban J connectivity index is 2.19. The monoisotopic (exact) mass is 287 g/mol. The van der Waals surface area contributed by atoms with Gasteiger partial charge in [0.25, 0.3) is 0 Å². The highest BCUT2D eigenvalue weighted by Crippen LogP contribution is 2.22. The van der Waals surface area contributed by atoms with E-state index in [4.69, 9.17) is 15.6 Å². The van der Waals surface area contributed by atoms with Crippen molar-refractivity contribution in [3.05, 3.63) is 47.7 Å². The number of carbonyl (C=O) groups is 1. The van der Waals surface area contributed by atoms with Crippen LogP contribution in [0.3, 0.4) is 0 Å². The lowest BCUT2D eigenvalue weighted by Crippen LogP contribution is -2.19. The number of aromatic carboxylic acids is 1. The molecule has 0 unspecified atom stereocenters. The van der Waals surface area contributed by atoms with Crippen molar-refractivity contribution in [2.24, 2.45) is 0 Å². The highest BCUT2D eigenvalue weighted by molar-refractivity contribution is 5.89. The third-order valence-corrected chi connectivity index (χ3v) is 3.06. The van der Waals surface area contributed by atoms with E-state index in [-0.39, 0.29) is 5.56 Å². The Labute approximate surface area is 122 Å². The molecule has 110 valence electrons. The van der Waals surface area contributed by atoms with Crippen molar-refractivity contribution in [3.63, 3.8) is 0 Å². The molecule has 1 aromatic heterocycles. The van der Waals surface area contributed by atoms with Crippen molar-refractivity contribution in [1.82, 2.24) is 4.98 Å². The molecular formula is C15H17N3O3. The Hall–Kier alpha value is -2.76. The molecule has 2 rings (SSSR count). The average Bonchev–Trinajstić information content (AvgIpc) is 2.47. The first-order valence-corrected chi connectivity index (χ1v) is 6.34. The van der Waals surface area contributed by atoms with Gasteiger partial charge in [0.1, 0.15) is 5.75 Å². The third-order valence-electron chi connectivity index (χ3n) is 3.06. The minimum atomic E-state index is -1.05. The van der Waals surface area contributed by atoms with Crippen molar-refractivity contribution in [1.29, 1.82) is 0 Å². The number of carboxylic acids is 1. The maximum absolute atomic E-state index is 10.9. The van der Waals surface area contributed by atoms with Crippen LogP contribution in [0.1, 0.15) is 15.9 Å². The normalized spacial score (nSPS) is 10.2. The summed E-state index contributed by atoms with van der Waals surface area (Å²) in [5.41, 5.74) is 7.33. The molecule has 0 bridgehead atoms. The smallest absolute Gasteiger partial charge is 0.337 e. The molecule has 0 fully saturated rings. The Morgan fingerprint density at radius 1 is 1.43 bits per heavy atom. The Bertz CT molecular complexity index is 658. The van der Waals surface area contributed by atoms with Crippen molar-refractivity contribution >= 4 is 17.5 Å². The molecule has 0 saturated heterocycles. The van der Waals surface area contributed by atoms with Gasteiger partial charge in [0.2, 0.25) is 0 Å². The van der Waals surface area contributed by atoms with Gasteiger partial charge in [-0.2, -0.15) is 0 Å². The summed E-state index contributed by atoms with van der Waals surface area (Å²) in [6.45, 7) is 0.584. The van der Waals surface area contributed by atoms with Crippen molar-refractivity contribution in [2.75, 3.05) is 24.8 Å². The van der Waals surface area contributed by atoms with E-state index in [9.17, 15) is 4.79 Å². The Morgan fingerprint density at radius 2 is 2.19 bits per heavy atom. The molecule has 1 heterocycles. The molecular weight excluding hydrogens is 270 g/mol. The van der Waals surface area contributed by atoms with Crippen molar-refractivity contribution in [2.45, 2.75) is 6.54 Å². The first-order chi connectivity index (χ1) is 10.0. The van der Waals surface area contributed by atoms with Crippen LogP contribution in [0.25, 0.3) is 0 Å². The number of aromatic nitrogens is 1. The van der Waals surface area contributed by atoms with E-state index in [1.165, 1.54) is 12.3 Å².